The van der Waals surface area contributed by atoms with Gasteiger partial charge >= 0.3 is 5.97 Å². The van der Waals surface area contributed by atoms with Crippen LogP contribution in [-0.2, 0) is 15.7 Å². The molecule has 0 aliphatic heterocycles. The van der Waals surface area contributed by atoms with Crippen molar-refractivity contribution < 1.29 is 14.1 Å². The molecular weight excluding hydrogens is 291 g/mol. The van der Waals surface area contributed by atoms with E-state index in [0.29, 0.717) is 35.2 Å². The Hall–Kier alpha value is -1.72. The maximum Gasteiger partial charge on any atom is 0.343 e. The van der Waals surface area contributed by atoms with Crippen LogP contribution in [0, 0.1) is 0 Å². The van der Waals surface area contributed by atoms with Gasteiger partial charge in [0.15, 0.2) is 5.65 Å². The topological polar surface area (TPSA) is 99.6 Å². The van der Waals surface area contributed by atoms with E-state index in [-0.39, 0.29) is 6.61 Å². The Labute approximate surface area is 122 Å². The monoisotopic (exact) mass is 310 g/mol. The third kappa shape index (κ3) is 3.14. The minimum Gasteiger partial charge on any atom is -0.462 e. The van der Waals surface area contributed by atoms with Gasteiger partial charge in [0, 0.05) is 24.1 Å². The average Bonchev–Trinajstić information content (AvgIpc) is 2.75. The maximum absolute atomic E-state index is 12.1. The fourth-order valence-corrected chi connectivity index (χ4v) is 2.70. The predicted molar refractivity (Wildman–Crippen MR) is 80.8 cm³/mol. The first kappa shape index (κ1) is 15.7. The summed E-state index contributed by atoms with van der Waals surface area (Å²) in [4.78, 5) is 16.3. The summed E-state index contributed by atoms with van der Waals surface area (Å²) in [7, 11) is -2.44. The summed E-state index contributed by atoms with van der Waals surface area (Å²) in [5, 5.41) is 4.94. The van der Waals surface area contributed by atoms with Gasteiger partial charge in [-0.05, 0) is 26.8 Å². The highest BCUT2D eigenvalue weighted by Gasteiger charge is 2.23. The second-order valence-corrected chi connectivity index (χ2v) is 8.23. The molecule has 2 aromatic rings. The van der Waals surface area contributed by atoms with Crippen LogP contribution in [0.3, 0.4) is 0 Å². The smallest absolute Gasteiger partial charge is 0.343 e. The first-order valence-electron chi connectivity index (χ1n) is 6.68. The third-order valence-electron chi connectivity index (χ3n) is 3.01. The van der Waals surface area contributed by atoms with Crippen molar-refractivity contribution in [2.75, 3.05) is 26.5 Å². The molecule has 0 bridgehead atoms. The number of fused-ring (bicyclic) bond motifs is 1. The summed E-state index contributed by atoms with van der Waals surface area (Å²) in [5.74, 6) is -0.465. The lowest BCUT2D eigenvalue weighted by Crippen LogP contribution is -2.11. The molecule has 7 nitrogen and oxygen atoms in total. The van der Waals surface area contributed by atoms with Crippen LogP contribution in [0.5, 0.6) is 0 Å². The molecule has 2 rings (SSSR count). The molecule has 21 heavy (non-hydrogen) atoms. The van der Waals surface area contributed by atoms with E-state index in [4.69, 9.17) is 10.5 Å². The van der Waals surface area contributed by atoms with Gasteiger partial charge in [-0.3, -0.25) is 0 Å². The van der Waals surface area contributed by atoms with E-state index in [9.17, 15) is 9.36 Å². The van der Waals surface area contributed by atoms with Gasteiger partial charge in [0.25, 0.3) is 0 Å². The molecule has 0 aliphatic rings. The van der Waals surface area contributed by atoms with Crippen LogP contribution in [0.2, 0.25) is 0 Å². The summed E-state index contributed by atoms with van der Waals surface area (Å²) in [6, 6.07) is 0. The van der Waals surface area contributed by atoms with E-state index in [0.717, 1.165) is 0 Å². The lowest BCUT2D eigenvalue weighted by atomic mass is 10.2. The second-order valence-electron chi connectivity index (χ2n) is 5.01. The standard InChI is InChI=1S/C13H19N4O3P/c1-4-20-13(18)11-10(5-6-14)16-17-8-9(21(2,3)19)7-15-12(11)17/h7-8H,4-6,14H2,1-3H3. The molecule has 0 fully saturated rings. The van der Waals surface area contributed by atoms with Gasteiger partial charge in [0.05, 0.1) is 12.3 Å². The minimum atomic E-state index is -2.44. The van der Waals surface area contributed by atoms with Crippen LogP contribution >= 0.6 is 7.14 Å². The van der Waals surface area contributed by atoms with E-state index in [1.165, 1.54) is 10.7 Å². The summed E-state index contributed by atoms with van der Waals surface area (Å²) >= 11 is 0. The van der Waals surface area contributed by atoms with Gasteiger partial charge in [-0.1, -0.05) is 0 Å². The van der Waals surface area contributed by atoms with Crippen LogP contribution in [0.1, 0.15) is 23.0 Å². The molecule has 0 saturated heterocycles. The predicted octanol–water partition coefficient (Wildman–Crippen LogP) is 0.655. The fourth-order valence-electron chi connectivity index (χ4n) is 1.97. The summed E-state index contributed by atoms with van der Waals surface area (Å²) in [5.41, 5.74) is 6.83. The molecule has 0 unspecified atom stereocenters. The highest BCUT2D eigenvalue weighted by atomic mass is 31.2. The molecule has 0 radical (unpaired) electrons. The highest BCUT2D eigenvalue weighted by molar-refractivity contribution is 7.70. The van der Waals surface area contributed by atoms with Crippen LogP contribution in [0.25, 0.3) is 5.65 Å². The molecule has 2 N–H and O–H groups in total. The highest BCUT2D eigenvalue weighted by Crippen LogP contribution is 2.34. The van der Waals surface area contributed by atoms with Crippen molar-refractivity contribution in [2.45, 2.75) is 13.3 Å². The summed E-state index contributed by atoms with van der Waals surface area (Å²) in [6.45, 7) is 5.69. The largest absolute Gasteiger partial charge is 0.462 e. The van der Waals surface area contributed by atoms with Crippen LogP contribution in [-0.4, -0.2) is 47.0 Å². The maximum atomic E-state index is 12.1. The number of nitrogens with zero attached hydrogens (tertiary/aromatic N) is 3. The lowest BCUT2D eigenvalue weighted by Gasteiger charge is -2.06. The van der Waals surface area contributed by atoms with Crippen molar-refractivity contribution in [1.29, 1.82) is 0 Å². The quantitative estimate of drug-likeness (QED) is 0.643. The Morgan fingerprint density at radius 1 is 1.48 bits per heavy atom. The molecule has 0 amide bonds. The zero-order chi connectivity index (χ0) is 15.6. The van der Waals surface area contributed by atoms with E-state index in [1.54, 1.807) is 26.5 Å². The molecule has 0 atom stereocenters. The van der Waals surface area contributed by atoms with Crippen molar-refractivity contribution in [3.05, 3.63) is 23.7 Å². The number of aromatic nitrogens is 3. The lowest BCUT2D eigenvalue weighted by molar-refractivity contribution is 0.0527. The third-order valence-corrected chi connectivity index (χ3v) is 4.49. The van der Waals surface area contributed by atoms with Gasteiger partial charge < -0.3 is 15.0 Å². The van der Waals surface area contributed by atoms with Crippen molar-refractivity contribution in [3.8, 4) is 0 Å². The molecule has 0 saturated carbocycles. The molecule has 8 heteroatoms. The van der Waals surface area contributed by atoms with E-state index in [1.807, 2.05) is 0 Å². The first-order valence-corrected chi connectivity index (χ1v) is 9.28. The van der Waals surface area contributed by atoms with E-state index in [2.05, 4.69) is 10.1 Å². The Kier molecular flexibility index (Phi) is 4.44. The summed E-state index contributed by atoms with van der Waals surface area (Å²) < 4.78 is 18.7. The minimum absolute atomic E-state index is 0.273. The molecule has 0 aromatic carbocycles. The van der Waals surface area contributed by atoms with Gasteiger partial charge in [0.2, 0.25) is 0 Å². The number of esters is 1. The van der Waals surface area contributed by atoms with Crippen LogP contribution in [0.15, 0.2) is 12.4 Å². The molecule has 114 valence electrons. The van der Waals surface area contributed by atoms with Gasteiger partial charge in [-0.15, -0.1) is 0 Å². The Balaban J connectivity index is 2.62. The molecular formula is C13H19N4O3P. The summed E-state index contributed by atoms with van der Waals surface area (Å²) in [6.07, 6.45) is 3.61. The van der Waals surface area contributed by atoms with E-state index >= 15 is 0 Å². The number of ether oxygens (including phenoxy) is 1. The number of carbonyl (C=O) groups excluding carboxylic acids is 1. The molecule has 2 heterocycles. The molecule has 0 spiro atoms. The van der Waals surface area contributed by atoms with E-state index < -0.39 is 13.1 Å². The van der Waals surface area contributed by atoms with Crippen molar-refractivity contribution >= 4 is 24.1 Å². The normalized spacial score (nSPS) is 11.8. The second kappa shape index (κ2) is 5.95. The molecule has 0 aliphatic carbocycles. The fraction of sp³-hybridized carbons (Fsp3) is 0.462. The van der Waals surface area contributed by atoms with Crippen LogP contribution < -0.4 is 11.0 Å². The van der Waals surface area contributed by atoms with Crippen LogP contribution in [0.4, 0.5) is 0 Å². The number of hydrogen-bond donors (Lipinski definition) is 1. The number of carbonyl (C=O) groups is 1. The zero-order valence-electron chi connectivity index (χ0n) is 12.4. The number of hydrogen-bond acceptors (Lipinski definition) is 6. The average molecular weight is 310 g/mol. The van der Waals surface area contributed by atoms with Crippen molar-refractivity contribution in [1.82, 2.24) is 14.6 Å². The zero-order valence-corrected chi connectivity index (χ0v) is 13.3. The number of nitrogens with two attached hydrogens (primary N) is 1. The number of rotatable bonds is 5. The first-order chi connectivity index (χ1) is 9.88. The SMILES string of the molecule is CCOC(=O)c1c(CCN)nn2cc(P(C)(C)=O)cnc12. The Morgan fingerprint density at radius 2 is 2.19 bits per heavy atom. The van der Waals surface area contributed by atoms with Crippen molar-refractivity contribution in [3.63, 3.8) is 0 Å². The van der Waals surface area contributed by atoms with Crippen molar-refractivity contribution in [2.24, 2.45) is 5.73 Å². The molecule has 2 aromatic heterocycles. The van der Waals surface area contributed by atoms with Gasteiger partial charge in [0.1, 0.15) is 12.7 Å². The van der Waals surface area contributed by atoms with Gasteiger partial charge in [-0.2, -0.15) is 5.10 Å². The van der Waals surface area contributed by atoms with Gasteiger partial charge in [-0.25, -0.2) is 14.3 Å². The Morgan fingerprint density at radius 3 is 2.76 bits per heavy atom. The Bertz CT molecular complexity index is 720.